The van der Waals surface area contributed by atoms with Crippen LogP contribution in [0.4, 0.5) is 8.78 Å². The Labute approximate surface area is 148 Å². The minimum atomic E-state index is -0.603. The summed E-state index contributed by atoms with van der Waals surface area (Å²) >= 11 is 0. The van der Waals surface area contributed by atoms with Crippen LogP contribution in [0, 0.1) is 29.4 Å². The fourth-order valence-electron chi connectivity index (χ4n) is 5.19. The third kappa shape index (κ3) is 3.02. The van der Waals surface area contributed by atoms with Gasteiger partial charge in [0.05, 0.1) is 12.5 Å². The molecule has 25 heavy (non-hydrogen) atoms. The number of hydrogen-bond acceptors (Lipinski definition) is 1. The quantitative estimate of drug-likeness (QED) is 0.608. The summed E-state index contributed by atoms with van der Waals surface area (Å²) in [7, 11) is 1.40. The number of methoxy groups -OCH3 is 1. The minimum absolute atomic E-state index is 0.0447. The van der Waals surface area contributed by atoms with Gasteiger partial charge in [-0.25, -0.2) is 8.78 Å². The van der Waals surface area contributed by atoms with Crippen molar-refractivity contribution >= 4 is 10.8 Å². The predicted octanol–water partition coefficient (Wildman–Crippen LogP) is 6.45. The van der Waals surface area contributed by atoms with Crippen LogP contribution in [0.15, 0.2) is 24.3 Å². The lowest BCUT2D eigenvalue weighted by Gasteiger charge is -2.41. The molecule has 2 saturated carbocycles. The van der Waals surface area contributed by atoms with E-state index in [1.54, 1.807) is 18.2 Å². The molecule has 4 unspecified atom stereocenters. The molecule has 0 N–H and O–H groups in total. The average Bonchev–Trinajstić information content (AvgIpc) is 2.61. The fraction of sp³-hybridized carbons (Fsp3) is 0.545. The van der Waals surface area contributed by atoms with Crippen molar-refractivity contribution in [3.8, 4) is 5.75 Å². The Morgan fingerprint density at radius 1 is 0.960 bits per heavy atom. The van der Waals surface area contributed by atoms with Gasteiger partial charge < -0.3 is 4.74 Å². The molecule has 2 aliphatic carbocycles. The highest BCUT2D eigenvalue weighted by Gasteiger charge is 2.35. The molecule has 2 fully saturated rings. The third-order valence-electron chi connectivity index (χ3n) is 6.56. The standard InChI is InChI=1S/C22H26F2O/c1-13-3-4-15-10-16(6-5-14(15)9-13)18-11-17-7-8-20(25-2)22(24)21(17)19(23)12-18/h7-8,11-16H,3-6,9-10H2,1-2H3. The van der Waals surface area contributed by atoms with E-state index in [0.29, 0.717) is 11.3 Å². The molecule has 0 amide bonds. The van der Waals surface area contributed by atoms with Crippen LogP contribution in [0.5, 0.6) is 5.75 Å². The lowest BCUT2D eigenvalue weighted by molar-refractivity contribution is 0.124. The zero-order valence-corrected chi connectivity index (χ0v) is 15.0. The summed E-state index contributed by atoms with van der Waals surface area (Å²) in [5.41, 5.74) is 1.03. The average molecular weight is 344 g/mol. The van der Waals surface area contributed by atoms with Gasteiger partial charge in [0.2, 0.25) is 0 Å². The SMILES string of the molecule is COc1ccc2cc(C3CCC4CC(C)CCC4C3)cc(F)c2c1F. The fourth-order valence-corrected chi connectivity index (χ4v) is 5.19. The molecule has 3 heteroatoms. The Bertz CT molecular complexity index is 785. The van der Waals surface area contributed by atoms with Crippen molar-refractivity contribution in [2.24, 2.45) is 17.8 Å². The highest BCUT2D eigenvalue weighted by atomic mass is 19.1. The van der Waals surface area contributed by atoms with Gasteiger partial charge in [0.15, 0.2) is 11.6 Å². The van der Waals surface area contributed by atoms with Gasteiger partial charge in [0.25, 0.3) is 0 Å². The van der Waals surface area contributed by atoms with Crippen molar-refractivity contribution in [2.45, 2.75) is 51.4 Å². The number of fused-ring (bicyclic) bond motifs is 2. The van der Waals surface area contributed by atoms with Crippen LogP contribution in [0.2, 0.25) is 0 Å². The van der Waals surface area contributed by atoms with Crippen molar-refractivity contribution < 1.29 is 13.5 Å². The van der Waals surface area contributed by atoms with Crippen molar-refractivity contribution in [3.63, 3.8) is 0 Å². The van der Waals surface area contributed by atoms with E-state index in [1.807, 2.05) is 6.07 Å². The van der Waals surface area contributed by atoms with Crippen molar-refractivity contribution in [2.75, 3.05) is 7.11 Å². The summed E-state index contributed by atoms with van der Waals surface area (Å²) < 4.78 is 34.0. The first kappa shape index (κ1) is 16.8. The van der Waals surface area contributed by atoms with E-state index in [2.05, 4.69) is 6.92 Å². The second kappa shape index (κ2) is 6.59. The first-order valence-electron chi connectivity index (χ1n) is 9.52. The highest BCUT2D eigenvalue weighted by molar-refractivity contribution is 5.86. The monoisotopic (exact) mass is 344 g/mol. The van der Waals surface area contributed by atoms with E-state index in [0.717, 1.165) is 36.2 Å². The molecule has 4 atom stereocenters. The van der Waals surface area contributed by atoms with Gasteiger partial charge in [0, 0.05) is 0 Å². The number of hydrogen-bond donors (Lipinski definition) is 0. The number of ether oxygens (including phenoxy) is 1. The molecule has 0 saturated heterocycles. The third-order valence-corrected chi connectivity index (χ3v) is 6.56. The summed E-state index contributed by atoms with van der Waals surface area (Å²) in [5.74, 6) is 1.91. The van der Waals surface area contributed by atoms with Gasteiger partial charge in [-0.15, -0.1) is 0 Å². The van der Waals surface area contributed by atoms with Crippen LogP contribution >= 0.6 is 0 Å². The first-order valence-corrected chi connectivity index (χ1v) is 9.52. The van der Waals surface area contributed by atoms with Crippen LogP contribution in [-0.2, 0) is 0 Å². The number of rotatable bonds is 2. The van der Waals surface area contributed by atoms with Crippen molar-refractivity contribution in [3.05, 3.63) is 41.5 Å². The molecule has 2 aromatic carbocycles. The zero-order valence-electron chi connectivity index (χ0n) is 15.0. The minimum Gasteiger partial charge on any atom is -0.494 e. The smallest absolute Gasteiger partial charge is 0.175 e. The molecule has 0 aromatic heterocycles. The van der Waals surface area contributed by atoms with Crippen LogP contribution in [0.25, 0.3) is 10.8 Å². The van der Waals surface area contributed by atoms with Gasteiger partial charge in [-0.1, -0.05) is 25.5 Å². The molecule has 134 valence electrons. The van der Waals surface area contributed by atoms with Gasteiger partial charge in [-0.2, -0.15) is 0 Å². The maximum Gasteiger partial charge on any atom is 0.175 e. The normalized spacial score (nSPS) is 29.4. The van der Waals surface area contributed by atoms with Gasteiger partial charge >= 0.3 is 0 Å². The molecule has 0 spiro atoms. The molecule has 1 nitrogen and oxygen atoms in total. The van der Waals surface area contributed by atoms with Gasteiger partial charge in [0.1, 0.15) is 5.82 Å². The molecule has 4 rings (SSSR count). The Morgan fingerprint density at radius 3 is 2.52 bits per heavy atom. The van der Waals surface area contributed by atoms with E-state index in [-0.39, 0.29) is 11.1 Å². The summed E-state index contributed by atoms with van der Waals surface area (Å²) in [5, 5.41) is 0.677. The van der Waals surface area contributed by atoms with Crippen molar-refractivity contribution in [1.82, 2.24) is 0 Å². The maximum absolute atomic E-state index is 14.7. The Balaban J connectivity index is 1.64. The molecule has 2 aliphatic rings. The summed E-state index contributed by atoms with van der Waals surface area (Å²) in [4.78, 5) is 0. The largest absolute Gasteiger partial charge is 0.494 e. The van der Waals surface area contributed by atoms with Crippen LogP contribution < -0.4 is 4.74 Å². The number of halogens is 2. The summed E-state index contributed by atoms with van der Waals surface area (Å²) in [6, 6.07) is 6.89. The topological polar surface area (TPSA) is 9.23 Å². The second-order valence-corrected chi connectivity index (χ2v) is 8.13. The highest BCUT2D eigenvalue weighted by Crippen LogP contribution is 2.48. The van der Waals surface area contributed by atoms with E-state index >= 15 is 0 Å². The van der Waals surface area contributed by atoms with Gasteiger partial charge in [-0.3, -0.25) is 0 Å². The van der Waals surface area contributed by atoms with E-state index in [1.165, 1.54) is 32.8 Å². The molecule has 0 radical (unpaired) electrons. The summed E-state index contributed by atoms with van der Waals surface area (Å²) in [6.07, 6.45) is 7.51. The van der Waals surface area contributed by atoms with Crippen molar-refractivity contribution in [1.29, 1.82) is 0 Å². The predicted molar refractivity (Wildman–Crippen MR) is 97.0 cm³/mol. The summed E-state index contributed by atoms with van der Waals surface area (Å²) in [6.45, 7) is 2.36. The molecule has 0 aliphatic heterocycles. The Morgan fingerprint density at radius 2 is 1.72 bits per heavy atom. The molecule has 0 bridgehead atoms. The lowest BCUT2D eigenvalue weighted by Crippen LogP contribution is -2.29. The van der Waals surface area contributed by atoms with Crippen LogP contribution in [0.3, 0.4) is 0 Å². The van der Waals surface area contributed by atoms with Crippen LogP contribution in [0.1, 0.15) is 56.9 Å². The Hall–Kier alpha value is -1.64. The number of benzene rings is 2. The molecule has 0 heterocycles. The molecular weight excluding hydrogens is 318 g/mol. The zero-order chi connectivity index (χ0) is 17.6. The van der Waals surface area contributed by atoms with E-state index in [9.17, 15) is 8.78 Å². The first-order chi connectivity index (χ1) is 12.1. The van der Waals surface area contributed by atoms with E-state index in [4.69, 9.17) is 4.74 Å². The van der Waals surface area contributed by atoms with Crippen LogP contribution in [-0.4, -0.2) is 7.11 Å². The van der Waals surface area contributed by atoms with Gasteiger partial charge in [-0.05, 0) is 78.9 Å². The lowest BCUT2D eigenvalue weighted by atomic mass is 9.64. The maximum atomic E-state index is 14.7. The van der Waals surface area contributed by atoms with E-state index < -0.39 is 11.6 Å². The molecule has 2 aromatic rings. The molecular formula is C22H26F2O. The second-order valence-electron chi connectivity index (χ2n) is 8.13. The Kier molecular flexibility index (Phi) is 4.43.